The van der Waals surface area contributed by atoms with Crippen LogP contribution in [0.3, 0.4) is 0 Å². The van der Waals surface area contributed by atoms with Crippen molar-refractivity contribution in [1.82, 2.24) is 9.78 Å². The van der Waals surface area contributed by atoms with Gasteiger partial charge in [-0.2, -0.15) is 5.10 Å². The predicted molar refractivity (Wildman–Crippen MR) is 69.6 cm³/mol. The summed E-state index contributed by atoms with van der Waals surface area (Å²) in [6.45, 7) is 8.47. The van der Waals surface area contributed by atoms with Crippen molar-refractivity contribution in [2.24, 2.45) is 5.92 Å². The van der Waals surface area contributed by atoms with Crippen molar-refractivity contribution in [3.63, 3.8) is 0 Å². The van der Waals surface area contributed by atoms with Gasteiger partial charge in [0.05, 0.1) is 5.54 Å². The summed E-state index contributed by atoms with van der Waals surface area (Å²) in [5.41, 5.74) is 1.26. The Morgan fingerprint density at radius 2 is 2.44 bits per heavy atom. The molecule has 1 aromatic heterocycles. The zero-order chi connectivity index (χ0) is 13.3. The largest absolute Gasteiger partial charge is 0.476 e. The summed E-state index contributed by atoms with van der Waals surface area (Å²) < 4.78 is 1.84. The lowest BCUT2D eigenvalue weighted by Gasteiger charge is -2.40. The van der Waals surface area contributed by atoms with Crippen LogP contribution in [0, 0.1) is 5.92 Å². The van der Waals surface area contributed by atoms with Gasteiger partial charge in [-0.25, -0.2) is 4.79 Å². The molecule has 2 rings (SSSR count). The van der Waals surface area contributed by atoms with E-state index >= 15 is 0 Å². The van der Waals surface area contributed by atoms with Gasteiger partial charge in [0.1, 0.15) is 0 Å². The fourth-order valence-corrected chi connectivity index (χ4v) is 3.13. The highest BCUT2D eigenvalue weighted by atomic mass is 16.4. The highest BCUT2D eigenvalue weighted by molar-refractivity contribution is 5.85. The molecule has 1 saturated carbocycles. The predicted octanol–water partition coefficient (Wildman–Crippen LogP) is 3.06. The third-order valence-corrected chi connectivity index (χ3v) is 3.90. The lowest BCUT2D eigenvalue weighted by Crippen LogP contribution is -2.39. The zero-order valence-corrected chi connectivity index (χ0v) is 11.0. The second kappa shape index (κ2) is 4.59. The molecular formula is C14H20N2O2. The van der Waals surface area contributed by atoms with Crippen molar-refractivity contribution >= 4 is 5.97 Å². The molecule has 0 aromatic carbocycles. The molecule has 0 saturated heterocycles. The van der Waals surface area contributed by atoms with Crippen LogP contribution in [-0.2, 0) is 5.54 Å². The van der Waals surface area contributed by atoms with Crippen molar-refractivity contribution in [2.75, 3.05) is 0 Å². The average molecular weight is 248 g/mol. The number of allylic oxidation sites excluding steroid dienone is 1. The maximum atomic E-state index is 10.9. The van der Waals surface area contributed by atoms with E-state index in [2.05, 4.69) is 25.5 Å². The molecule has 0 aliphatic heterocycles. The van der Waals surface area contributed by atoms with Crippen LogP contribution < -0.4 is 0 Å². The van der Waals surface area contributed by atoms with Gasteiger partial charge in [0.15, 0.2) is 5.69 Å². The van der Waals surface area contributed by atoms with E-state index in [1.165, 1.54) is 5.57 Å². The average Bonchev–Trinajstić information content (AvgIpc) is 2.77. The minimum Gasteiger partial charge on any atom is -0.476 e. The minimum absolute atomic E-state index is 0.0948. The van der Waals surface area contributed by atoms with Gasteiger partial charge in [-0.05, 0) is 37.7 Å². The van der Waals surface area contributed by atoms with Crippen LogP contribution in [0.1, 0.15) is 50.0 Å². The van der Waals surface area contributed by atoms with Gasteiger partial charge in [0.25, 0.3) is 0 Å². The molecule has 4 heteroatoms. The molecule has 98 valence electrons. The van der Waals surface area contributed by atoms with Crippen LogP contribution in [-0.4, -0.2) is 20.9 Å². The van der Waals surface area contributed by atoms with Gasteiger partial charge in [-0.1, -0.05) is 26.0 Å². The van der Waals surface area contributed by atoms with E-state index < -0.39 is 5.97 Å². The van der Waals surface area contributed by atoms with E-state index in [4.69, 9.17) is 5.11 Å². The number of nitrogens with zero attached hydrogens (tertiary/aromatic N) is 2. The number of carbonyl (C=O) groups is 1. The minimum atomic E-state index is -0.970. The maximum absolute atomic E-state index is 10.9. The Morgan fingerprint density at radius 3 is 2.94 bits per heavy atom. The first kappa shape index (κ1) is 12.9. The van der Waals surface area contributed by atoms with Crippen molar-refractivity contribution in [1.29, 1.82) is 0 Å². The van der Waals surface area contributed by atoms with Crippen LogP contribution in [0.5, 0.6) is 0 Å². The van der Waals surface area contributed by atoms with E-state index in [1.54, 1.807) is 12.3 Å². The number of carboxylic acid groups (broad SMARTS) is 1. The molecule has 0 radical (unpaired) electrons. The van der Waals surface area contributed by atoms with E-state index in [9.17, 15) is 4.79 Å². The van der Waals surface area contributed by atoms with Crippen LogP contribution in [0.15, 0.2) is 24.4 Å². The standard InChI is InChI=1S/C14H20N2O2/c1-4-14(8-10(2)7-11(3)9-14)16-6-5-12(15-16)13(17)18/h5-6,11H,2,4,7-9H2,1,3H3,(H,17,18). The Kier molecular flexibility index (Phi) is 3.28. The molecule has 18 heavy (non-hydrogen) atoms. The topological polar surface area (TPSA) is 55.1 Å². The normalized spacial score (nSPS) is 28.3. The Balaban J connectivity index is 2.36. The third-order valence-electron chi connectivity index (χ3n) is 3.90. The molecule has 1 heterocycles. The first-order valence-corrected chi connectivity index (χ1v) is 6.43. The van der Waals surface area contributed by atoms with Crippen molar-refractivity contribution in [3.05, 3.63) is 30.1 Å². The number of carboxylic acids is 1. The number of hydrogen-bond acceptors (Lipinski definition) is 2. The van der Waals surface area contributed by atoms with Gasteiger partial charge in [0, 0.05) is 6.20 Å². The van der Waals surface area contributed by atoms with E-state index in [0.717, 1.165) is 25.7 Å². The van der Waals surface area contributed by atoms with Crippen LogP contribution in [0.2, 0.25) is 0 Å². The molecule has 1 N–H and O–H groups in total. The molecule has 1 aliphatic rings. The van der Waals surface area contributed by atoms with Gasteiger partial charge in [-0.3, -0.25) is 4.68 Å². The lowest BCUT2D eigenvalue weighted by atomic mass is 9.73. The molecule has 0 bridgehead atoms. The Morgan fingerprint density at radius 1 is 1.72 bits per heavy atom. The molecule has 0 amide bonds. The number of rotatable bonds is 3. The number of hydrogen-bond donors (Lipinski definition) is 1. The highest BCUT2D eigenvalue weighted by Crippen LogP contribution is 2.42. The number of aromatic carboxylic acids is 1. The molecule has 1 aromatic rings. The molecule has 1 aliphatic carbocycles. The summed E-state index contributed by atoms with van der Waals surface area (Å²) >= 11 is 0. The van der Waals surface area contributed by atoms with E-state index in [1.807, 2.05) is 4.68 Å². The fourth-order valence-electron chi connectivity index (χ4n) is 3.13. The first-order valence-electron chi connectivity index (χ1n) is 6.43. The summed E-state index contributed by atoms with van der Waals surface area (Å²) in [6, 6.07) is 1.57. The SMILES string of the molecule is C=C1CC(C)CC(CC)(n2ccc(C(=O)O)n2)C1. The Hall–Kier alpha value is -1.58. The van der Waals surface area contributed by atoms with Gasteiger partial charge >= 0.3 is 5.97 Å². The van der Waals surface area contributed by atoms with Gasteiger partial charge in [0.2, 0.25) is 0 Å². The van der Waals surface area contributed by atoms with Crippen molar-refractivity contribution < 1.29 is 9.90 Å². The lowest BCUT2D eigenvalue weighted by molar-refractivity contribution is 0.0686. The monoisotopic (exact) mass is 248 g/mol. The second-order valence-electron chi connectivity index (χ2n) is 5.47. The van der Waals surface area contributed by atoms with Crippen molar-refractivity contribution in [3.8, 4) is 0 Å². The third kappa shape index (κ3) is 2.19. The second-order valence-corrected chi connectivity index (χ2v) is 5.47. The van der Waals surface area contributed by atoms with Crippen LogP contribution in [0.25, 0.3) is 0 Å². The summed E-state index contributed by atoms with van der Waals surface area (Å²) in [6.07, 6.45) is 5.72. The van der Waals surface area contributed by atoms with Crippen LogP contribution in [0.4, 0.5) is 0 Å². The molecular weight excluding hydrogens is 228 g/mol. The Labute approximate surface area is 107 Å². The summed E-state index contributed by atoms with van der Waals surface area (Å²) in [5, 5.41) is 13.2. The van der Waals surface area contributed by atoms with Crippen LogP contribution >= 0.6 is 0 Å². The molecule has 2 unspecified atom stereocenters. The zero-order valence-electron chi connectivity index (χ0n) is 11.0. The fraction of sp³-hybridized carbons (Fsp3) is 0.571. The van der Waals surface area contributed by atoms with E-state index in [-0.39, 0.29) is 11.2 Å². The summed E-state index contributed by atoms with van der Waals surface area (Å²) in [4.78, 5) is 10.9. The molecule has 2 atom stereocenters. The van der Waals surface area contributed by atoms with Crippen molar-refractivity contribution in [2.45, 2.75) is 45.1 Å². The smallest absolute Gasteiger partial charge is 0.356 e. The maximum Gasteiger partial charge on any atom is 0.356 e. The molecule has 4 nitrogen and oxygen atoms in total. The first-order chi connectivity index (χ1) is 8.47. The quantitative estimate of drug-likeness (QED) is 0.836. The van der Waals surface area contributed by atoms with Gasteiger partial charge in [-0.15, -0.1) is 0 Å². The Bertz CT molecular complexity index is 478. The molecule has 1 fully saturated rings. The summed E-state index contributed by atoms with van der Waals surface area (Å²) in [5.74, 6) is -0.397. The number of aromatic nitrogens is 2. The van der Waals surface area contributed by atoms with E-state index in [0.29, 0.717) is 5.92 Å². The molecule has 0 spiro atoms. The summed E-state index contributed by atoms with van der Waals surface area (Å²) in [7, 11) is 0. The highest BCUT2D eigenvalue weighted by Gasteiger charge is 2.37. The van der Waals surface area contributed by atoms with Gasteiger partial charge < -0.3 is 5.11 Å².